The predicted octanol–water partition coefficient (Wildman–Crippen LogP) is 2.22. The molecule has 0 aromatic heterocycles. The highest BCUT2D eigenvalue weighted by Gasteiger charge is 2.28. The lowest BCUT2D eigenvalue weighted by molar-refractivity contribution is -0.145. The van der Waals surface area contributed by atoms with Crippen molar-refractivity contribution in [3.63, 3.8) is 0 Å². The lowest BCUT2D eigenvalue weighted by Crippen LogP contribution is -2.42. The van der Waals surface area contributed by atoms with Gasteiger partial charge in [0.1, 0.15) is 11.6 Å². The Kier molecular flexibility index (Phi) is 4.88. The van der Waals surface area contributed by atoms with Crippen LogP contribution in [0.3, 0.4) is 0 Å². The number of likely N-dealkylation sites (tertiary alicyclic amines) is 1. The summed E-state index contributed by atoms with van der Waals surface area (Å²) < 4.78 is 26.9. The average molecular weight is 297 g/mol. The lowest BCUT2D eigenvalue weighted by Gasteiger charge is -2.30. The molecule has 4 nitrogen and oxygen atoms in total. The molecule has 1 N–H and O–H groups in total. The third kappa shape index (κ3) is 3.77. The average Bonchev–Trinajstić information content (AvgIpc) is 2.46. The summed E-state index contributed by atoms with van der Waals surface area (Å²) in [5.41, 5.74) is -0.0994. The number of piperidine rings is 1. The van der Waals surface area contributed by atoms with Crippen LogP contribution in [0.4, 0.5) is 8.78 Å². The molecule has 0 aliphatic carbocycles. The Morgan fingerprint density at radius 3 is 2.57 bits per heavy atom. The topological polar surface area (TPSA) is 57.6 Å². The molecule has 1 aliphatic heterocycles. The van der Waals surface area contributed by atoms with E-state index in [4.69, 9.17) is 5.11 Å². The fraction of sp³-hybridized carbons (Fsp3) is 0.467. The van der Waals surface area contributed by atoms with Crippen LogP contribution in [0.25, 0.3) is 0 Å². The first kappa shape index (κ1) is 15.4. The first-order chi connectivity index (χ1) is 9.99. The molecule has 0 bridgehead atoms. The maximum atomic E-state index is 13.5. The van der Waals surface area contributed by atoms with E-state index in [9.17, 15) is 18.4 Å². The molecule has 0 spiro atoms. The highest BCUT2D eigenvalue weighted by Crippen LogP contribution is 2.19. The summed E-state index contributed by atoms with van der Waals surface area (Å²) in [4.78, 5) is 24.5. The summed E-state index contributed by atoms with van der Waals surface area (Å²) >= 11 is 0. The molecular weight excluding hydrogens is 280 g/mol. The van der Waals surface area contributed by atoms with Gasteiger partial charge < -0.3 is 10.0 Å². The second kappa shape index (κ2) is 6.65. The van der Waals surface area contributed by atoms with Crippen LogP contribution in [0.5, 0.6) is 0 Å². The van der Waals surface area contributed by atoms with E-state index >= 15 is 0 Å². The Balaban J connectivity index is 1.94. The van der Waals surface area contributed by atoms with E-state index in [1.165, 1.54) is 11.0 Å². The lowest BCUT2D eigenvalue weighted by atomic mass is 9.97. The molecule has 0 radical (unpaired) electrons. The monoisotopic (exact) mass is 297 g/mol. The zero-order valence-electron chi connectivity index (χ0n) is 11.5. The number of halogens is 2. The van der Waals surface area contributed by atoms with E-state index < -0.39 is 23.5 Å². The SMILES string of the molecule is O=C(O)C1CCCN(C(=O)CCc2c(F)cccc2F)C1. The molecule has 1 fully saturated rings. The van der Waals surface area contributed by atoms with Gasteiger partial charge in [-0.2, -0.15) is 0 Å². The second-order valence-corrected chi connectivity index (χ2v) is 5.22. The minimum atomic E-state index is -0.910. The molecule has 21 heavy (non-hydrogen) atoms. The molecule has 1 amide bonds. The van der Waals surface area contributed by atoms with Gasteiger partial charge in [0.25, 0.3) is 0 Å². The summed E-state index contributed by atoms with van der Waals surface area (Å²) in [6.07, 6.45) is 1.15. The van der Waals surface area contributed by atoms with Gasteiger partial charge in [-0.05, 0) is 31.4 Å². The largest absolute Gasteiger partial charge is 0.481 e. The van der Waals surface area contributed by atoms with Crippen molar-refractivity contribution in [2.24, 2.45) is 5.92 Å². The predicted molar refractivity (Wildman–Crippen MR) is 71.6 cm³/mol. The first-order valence-electron chi connectivity index (χ1n) is 6.92. The van der Waals surface area contributed by atoms with Crippen LogP contribution in [0.1, 0.15) is 24.8 Å². The molecule has 1 heterocycles. The van der Waals surface area contributed by atoms with Gasteiger partial charge in [-0.25, -0.2) is 8.78 Å². The second-order valence-electron chi connectivity index (χ2n) is 5.22. The quantitative estimate of drug-likeness (QED) is 0.927. The van der Waals surface area contributed by atoms with Crippen LogP contribution in [0.2, 0.25) is 0 Å². The Labute approximate surface area is 121 Å². The number of carbonyl (C=O) groups excluding carboxylic acids is 1. The highest BCUT2D eigenvalue weighted by atomic mass is 19.1. The maximum absolute atomic E-state index is 13.5. The normalized spacial score (nSPS) is 18.6. The molecule has 114 valence electrons. The molecule has 1 aromatic rings. The number of nitrogens with zero attached hydrogens (tertiary/aromatic N) is 1. The third-order valence-corrected chi connectivity index (χ3v) is 3.77. The van der Waals surface area contributed by atoms with Crippen molar-refractivity contribution in [2.75, 3.05) is 13.1 Å². The number of carboxylic acids is 1. The molecule has 1 aromatic carbocycles. The van der Waals surface area contributed by atoms with E-state index in [1.807, 2.05) is 0 Å². The van der Waals surface area contributed by atoms with E-state index in [0.717, 1.165) is 12.1 Å². The van der Waals surface area contributed by atoms with Crippen LogP contribution in [0, 0.1) is 17.6 Å². The van der Waals surface area contributed by atoms with Gasteiger partial charge in [-0.15, -0.1) is 0 Å². The van der Waals surface area contributed by atoms with Gasteiger partial charge in [0, 0.05) is 25.1 Å². The summed E-state index contributed by atoms with van der Waals surface area (Å²) in [5.74, 6) is -3.04. The van der Waals surface area contributed by atoms with Crippen LogP contribution >= 0.6 is 0 Å². The zero-order chi connectivity index (χ0) is 15.4. The van der Waals surface area contributed by atoms with Gasteiger partial charge in [-0.1, -0.05) is 6.07 Å². The number of benzene rings is 1. The highest BCUT2D eigenvalue weighted by molar-refractivity contribution is 5.78. The number of hydrogen-bond acceptors (Lipinski definition) is 2. The van der Waals surface area contributed by atoms with Crippen molar-refractivity contribution in [1.82, 2.24) is 4.90 Å². The fourth-order valence-corrected chi connectivity index (χ4v) is 2.57. The standard InChI is InChI=1S/C15H17F2NO3/c16-12-4-1-5-13(17)11(12)6-7-14(19)18-8-2-3-10(9-18)15(20)21/h1,4-5,10H,2-3,6-9H2,(H,20,21). The first-order valence-corrected chi connectivity index (χ1v) is 6.92. The number of rotatable bonds is 4. The minimum absolute atomic E-state index is 0.0222. The summed E-state index contributed by atoms with van der Waals surface area (Å²) in [6, 6.07) is 3.59. The van der Waals surface area contributed by atoms with E-state index in [1.54, 1.807) is 0 Å². The molecular formula is C15H17F2NO3. The Bertz CT molecular complexity index is 527. The van der Waals surface area contributed by atoms with Gasteiger partial charge >= 0.3 is 5.97 Å². The fourth-order valence-electron chi connectivity index (χ4n) is 2.57. The van der Waals surface area contributed by atoms with Gasteiger partial charge in [0.05, 0.1) is 5.92 Å². The molecule has 2 rings (SSSR count). The van der Waals surface area contributed by atoms with Crippen LogP contribution in [-0.2, 0) is 16.0 Å². The third-order valence-electron chi connectivity index (χ3n) is 3.77. The summed E-state index contributed by atoms with van der Waals surface area (Å²) in [6.45, 7) is 0.677. The Morgan fingerprint density at radius 1 is 1.29 bits per heavy atom. The van der Waals surface area contributed by atoms with Crippen LogP contribution < -0.4 is 0 Å². The van der Waals surface area contributed by atoms with Crippen LogP contribution in [-0.4, -0.2) is 35.0 Å². The summed E-state index contributed by atoms with van der Waals surface area (Å²) in [5, 5.41) is 8.98. The molecule has 0 saturated carbocycles. The molecule has 1 atom stereocenters. The van der Waals surface area contributed by atoms with Crippen molar-refractivity contribution >= 4 is 11.9 Å². The van der Waals surface area contributed by atoms with Gasteiger partial charge in [0.15, 0.2) is 0 Å². The molecule has 1 unspecified atom stereocenters. The van der Waals surface area contributed by atoms with Crippen molar-refractivity contribution in [2.45, 2.75) is 25.7 Å². The van der Waals surface area contributed by atoms with E-state index in [0.29, 0.717) is 19.4 Å². The summed E-state index contributed by atoms with van der Waals surface area (Å²) in [7, 11) is 0. The van der Waals surface area contributed by atoms with Crippen molar-refractivity contribution in [3.8, 4) is 0 Å². The van der Waals surface area contributed by atoms with Crippen molar-refractivity contribution in [3.05, 3.63) is 35.4 Å². The molecule has 6 heteroatoms. The number of hydrogen-bond donors (Lipinski definition) is 1. The van der Waals surface area contributed by atoms with E-state index in [2.05, 4.69) is 0 Å². The van der Waals surface area contributed by atoms with Crippen LogP contribution in [0.15, 0.2) is 18.2 Å². The zero-order valence-corrected chi connectivity index (χ0v) is 11.5. The van der Waals surface area contributed by atoms with Gasteiger partial charge in [-0.3, -0.25) is 9.59 Å². The maximum Gasteiger partial charge on any atom is 0.308 e. The number of carbonyl (C=O) groups is 2. The number of aliphatic carboxylic acids is 1. The Hall–Kier alpha value is -1.98. The van der Waals surface area contributed by atoms with Crippen molar-refractivity contribution in [1.29, 1.82) is 0 Å². The smallest absolute Gasteiger partial charge is 0.308 e. The Morgan fingerprint density at radius 2 is 1.95 bits per heavy atom. The number of carboxylic acid groups (broad SMARTS) is 1. The van der Waals surface area contributed by atoms with Gasteiger partial charge in [0.2, 0.25) is 5.91 Å². The van der Waals surface area contributed by atoms with E-state index in [-0.39, 0.29) is 30.9 Å². The van der Waals surface area contributed by atoms with Crippen molar-refractivity contribution < 1.29 is 23.5 Å². The minimum Gasteiger partial charge on any atom is -0.481 e. The molecule has 1 aliphatic rings. The number of amides is 1. The molecule has 1 saturated heterocycles.